The van der Waals surface area contributed by atoms with Crippen LogP contribution in [-0.2, 0) is 13.0 Å². The van der Waals surface area contributed by atoms with E-state index in [1.54, 1.807) is 4.52 Å². The molecule has 5 rings (SSSR count). The molecule has 8 heteroatoms. The number of aryl methyl sites for hydroxylation is 1. The lowest BCUT2D eigenvalue weighted by molar-refractivity contribution is 0.381. The van der Waals surface area contributed by atoms with Crippen LogP contribution in [0.2, 0.25) is 0 Å². The average Bonchev–Trinajstić information content (AvgIpc) is 3.33. The molecule has 1 aliphatic rings. The van der Waals surface area contributed by atoms with Gasteiger partial charge in [-0.15, -0.1) is 25.5 Å². The molecule has 1 N–H and O–H groups in total. The van der Waals surface area contributed by atoms with E-state index in [1.165, 1.54) is 0 Å². The van der Waals surface area contributed by atoms with E-state index in [9.17, 15) is 0 Å². The van der Waals surface area contributed by atoms with Crippen molar-refractivity contribution in [3.8, 4) is 11.4 Å². The summed E-state index contributed by atoms with van der Waals surface area (Å²) in [7, 11) is 0. The number of hydrogen-bond donors (Lipinski definition) is 1. The maximum absolute atomic E-state index is 4.68. The summed E-state index contributed by atoms with van der Waals surface area (Å²) in [5, 5.41) is 24.8. The molecule has 3 aromatic heterocycles. The largest absolute Gasteiger partial charge is 0.368 e. The quantitative estimate of drug-likeness (QED) is 0.609. The van der Waals surface area contributed by atoms with Crippen LogP contribution in [0.3, 0.4) is 0 Å². The molecular weight excluding hydrogens is 328 g/mol. The van der Waals surface area contributed by atoms with Crippen molar-refractivity contribution in [3.05, 3.63) is 54.6 Å². The van der Waals surface area contributed by atoms with Gasteiger partial charge >= 0.3 is 0 Å². The SMILES string of the molecule is c1ccc(-c2nnc3ccc(NCC4CCc5nncn5C4)nn23)cc1. The Kier molecular flexibility index (Phi) is 3.59. The van der Waals surface area contributed by atoms with Crippen LogP contribution in [0.1, 0.15) is 12.2 Å². The van der Waals surface area contributed by atoms with Crippen LogP contribution in [0.5, 0.6) is 0 Å². The maximum Gasteiger partial charge on any atom is 0.185 e. The van der Waals surface area contributed by atoms with Gasteiger partial charge in [0.2, 0.25) is 0 Å². The van der Waals surface area contributed by atoms with Crippen LogP contribution in [0.4, 0.5) is 5.82 Å². The summed E-state index contributed by atoms with van der Waals surface area (Å²) in [5.41, 5.74) is 1.73. The predicted molar refractivity (Wildman–Crippen MR) is 96.5 cm³/mol. The third kappa shape index (κ3) is 2.69. The molecule has 26 heavy (non-hydrogen) atoms. The van der Waals surface area contributed by atoms with E-state index in [1.807, 2.05) is 48.8 Å². The van der Waals surface area contributed by atoms with E-state index in [-0.39, 0.29) is 0 Å². The van der Waals surface area contributed by atoms with Gasteiger partial charge in [-0.25, -0.2) is 0 Å². The Bertz CT molecular complexity index is 1040. The third-order valence-electron chi connectivity index (χ3n) is 4.79. The lowest BCUT2D eigenvalue weighted by atomic mass is 9.99. The van der Waals surface area contributed by atoms with E-state index < -0.39 is 0 Å². The highest BCUT2D eigenvalue weighted by atomic mass is 15.4. The zero-order valence-electron chi connectivity index (χ0n) is 14.2. The van der Waals surface area contributed by atoms with Crippen LogP contribution in [0, 0.1) is 5.92 Å². The smallest absolute Gasteiger partial charge is 0.185 e. The molecule has 0 radical (unpaired) electrons. The highest BCUT2D eigenvalue weighted by Crippen LogP contribution is 2.20. The van der Waals surface area contributed by atoms with Gasteiger partial charge in [0.1, 0.15) is 18.0 Å². The van der Waals surface area contributed by atoms with Crippen molar-refractivity contribution in [2.75, 3.05) is 11.9 Å². The summed E-state index contributed by atoms with van der Waals surface area (Å²) >= 11 is 0. The number of anilines is 1. The summed E-state index contributed by atoms with van der Waals surface area (Å²) in [5.74, 6) is 3.18. The van der Waals surface area contributed by atoms with Crippen molar-refractivity contribution in [2.45, 2.75) is 19.4 Å². The zero-order chi connectivity index (χ0) is 17.3. The van der Waals surface area contributed by atoms with E-state index in [4.69, 9.17) is 0 Å². The molecule has 8 nitrogen and oxygen atoms in total. The molecule has 4 heterocycles. The minimum absolute atomic E-state index is 0.533. The number of nitrogens with one attached hydrogen (secondary N) is 1. The van der Waals surface area contributed by atoms with Crippen LogP contribution in [-0.4, -0.2) is 41.1 Å². The fraction of sp³-hybridized carbons (Fsp3) is 0.278. The third-order valence-corrected chi connectivity index (χ3v) is 4.79. The Morgan fingerprint density at radius 3 is 2.88 bits per heavy atom. The molecule has 0 amide bonds. The lowest BCUT2D eigenvalue weighted by Gasteiger charge is -2.23. The van der Waals surface area contributed by atoms with Crippen molar-refractivity contribution in [1.29, 1.82) is 0 Å². The highest BCUT2D eigenvalue weighted by molar-refractivity contribution is 5.59. The van der Waals surface area contributed by atoms with E-state index >= 15 is 0 Å². The van der Waals surface area contributed by atoms with E-state index in [0.29, 0.717) is 5.92 Å². The van der Waals surface area contributed by atoms with Gasteiger partial charge in [0.05, 0.1) is 0 Å². The molecule has 0 bridgehead atoms. The fourth-order valence-electron chi connectivity index (χ4n) is 3.39. The number of aromatic nitrogens is 7. The Morgan fingerprint density at radius 2 is 1.96 bits per heavy atom. The van der Waals surface area contributed by atoms with Crippen LogP contribution < -0.4 is 5.32 Å². The average molecular weight is 346 g/mol. The molecule has 1 atom stereocenters. The number of rotatable bonds is 4. The second kappa shape index (κ2) is 6.21. The maximum atomic E-state index is 4.68. The monoisotopic (exact) mass is 346 g/mol. The molecular formula is C18H18N8. The summed E-state index contributed by atoms with van der Waals surface area (Å²) < 4.78 is 3.93. The molecule has 0 spiro atoms. The molecule has 0 saturated heterocycles. The van der Waals surface area contributed by atoms with Crippen LogP contribution in [0.15, 0.2) is 48.8 Å². The first-order valence-corrected chi connectivity index (χ1v) is 8.75. The molecule has 1 unspecified atom stereocenters. The minimum atomic E-state index is 0.533. The topological polar surface area (TPSA) is 85.8 Å². The first-order chi connectivity index (χ1) is 12.9. The van der Waals surface area contributed by atoms with Crippen LogP contribution in [0.25, 0.3) is 17.0 Å². The van der Waals surface area contributed by atoms with E-state index in [0.717, 1.165) is 54.6 Å². The highest BCUT2D eigenvalue weighted by Gasteiger charge is 2.19. The van der Waals surface area contributed by atoms with Crippen molar-refractivity contribution in [2.24, 2.45) is 5.92 Å². The summed E-state index contributed by atoms with van der Waals surface area (Å²) in [4.78, 5) is 0. The lowest BCUT2D eigenvalue weighted by Crippen LogP contribution is -2.26. The molecule has 4 aromatic rings. The summed E-state index contributed by atoms with van der Waals surface area (Å²) in [6.45, 7) is 1.80. The van der Waals surface area contributed by atoms with Crippen LogP contribution >= 0.6 is 0 Å². The molecule has 0 saturated carbocycles. The number of fused-ring (bicyclic) bond motifs is 2. The summed E-state index contributed by atoms with van der Waals surface area (Å²) in [6.07, 6.45) is 3.90. The van der Waals surface area contributed by atoms with Gasteiger partial charge < -0.3 is 9.88 Å². The van der Waals surface area contributed by atoms with Gasteiger partial charge in [0.15, 0.2) is 11.5 Å². The Balaban J connectivity index is 1.35. The van der Waals surface area contributed by atoms with Crippen molar-refractivity contribution >= 4 is 11.5 Å². The minimum Gasteiger partial charge on any atom is -0.368 e. The zero-order valence-corrected chi connectivity index (χ0v) is 14.2. The van der Waals surface area contributed by atoms with Gasteiger partial charge in [-0.05, 0) is 24.5 Å². The normalized spacial score (nSPS) is 16.5. The summed E-state index contributed by atoms with van der Waals surface area (Å²) in [6, 6.07) is 13.9. The second-order valence-electron chi connectivity index (χ2n) is 6.56. The number of hydrogen-bond acceptors (Lipinski definition) is 6. The van der Waals surface area contributed by atoms with Crippen molar-refractivity contribution in [3.63, 3.8) is 0 Å². The van der Waals surface area contributed by atoms with E-state index in [2.05, 4.69) is 35.4 Å². The Hall–Kier alpha value is -3.29. The molecule has 130 valence electrons. The molecule has 1 aliphatic heterocycles. The Labute approximate surface area is 149 Å². The Morgan fingerprint density at radius 1 is 1.04 bits per heavy atom. The number of nitrogens with zero attached hydrogens (tertiary/aromatic N) is 7. The van der Waals surface area contributed by atoms with Gasteiger partial charge in [0.25, 0.3) is 0 Å². The standard InChI is InChI=1S/C18H18N8/c1-2-4-14(5-3-1)18-23-22-17-9-7-15(24-26(17)18)19-10-13-6-8-16-21-20-12-25(16)11-13/h1-5,7,9,12-13H,6,8,10-11H2,(H,19,24). The van der Waals surface area contributed by atoms with Gasteiger partial charge in [-0.3, -0.25) is 0 Å². The fourth-order valence-corrected chi connectivity index (χ4v) is 3.39. The molecule has 1 aromatic carbocycles. The number of benzene rings is 1. The van der Waals surface area contributed by atoms with Gasteiger partial charge in [-0.2, -0.15) is 4.52 Å². The van der Waals surface area contributed by atoms with Gasteiger partial charge in [0, 0.05) is 25.1 Å². The van der Waals surface area contributed by atoms with Crippen molar-refractivity contribution in [1.82, 2.24) is 34.6 Å². The molecule has 0 fully saturated rings. The molecule has 0 aliphatic carbocycles. The first kappa shape index (κ1) is 15.0. The second-order valence-corrected chi connectivity index (χ2v) is 6.56. The van der Waals surface area contributed by atoms with Crippen molar-refractivity contribution < 1.29 is 0 Å². The predicted octanol–water partition coefficient (Wildman–Crippen LogP) is 2.06. The van der Waals surface area contributed by atoms with Gasteiger partial charge in [-0.1, -0.05) is 30.3 Å². The first-order valence-electron chi connectivity index (χ1n) is 8.75.